The fraction of sp³-hybridized carbons (Fsp3) is 0.500. The Morgan fingerprint density at radius 2 is 1.46 bits per heavy atom. The number of hydrogen-bond acceptors (Lipinski definition) is 3. The first-order valence-electron chi connectivity index (χ1n) is 8.81. The summed E-state index contributed by atoms with van der Waals surface area (Å²) in [5.41, 5.74) is 1.12. The van der Waals surface area contributed by atoms with Crippen molar-refractivity contribution in [2.45, 2.75) is 32.1 Å². The van der Waals surface area contributed by atoms with E-state index in [4.69, 9.17) is 0 Å². The van der Waals surface area contributed by atoms with Gasteiger partial charge in [0.1, 0.15) is 0 Å². The molecule has 0 bridgehead atoms. The quantitative estimate of drug-likeness (QED) is 0.850. The molecule has 2 amide bonds. The molecular formula is C18H22N4O2. The Morgan fingerprint density at radius 3 is 2.17 bits per heavy atom. The second-order valence-electron chi connectivity index (χ2n) is 6.59. The van der Waals surface area contributed by atoms with Crippen LogP contribution in [0, 0.1) is 0 Å². The predicted molar refractivity (Wildman–Crippen MR) is 90.1 cm³/mol. The van der Waals surface area contributed by atoms with Crippen molar-refractivity contribution in [1.29, 1.82) is 0 Å². The van der Waals surface area contributed by atoms with Crippen LogP contribution in [0.2, 0.25) is 0 Å². The highest BCUT2D eigenvalue weighted by molar-refractivity contribution is 6.02. The maximum Gasteiger partial charge on any atom is 0.290 e. The molecule has 2 aromatic heterocycles. The van der Waals surface area contributed by atoms with Gasteiger partial charge in [-0.25, -0.2) is 4.98 Å². The molecule has 0 spiro atoms. The third kappa shape index (κ3) is 2.56. The smallest absolute Gasteiger partial charge is 0.290 e. The summed E-state index contributed by atoms with van der Waals surface area (Å²) in [5.74, 6) is 0.223. The first kappa shape index (κ1) is 15.2. The zero-order valence-electron chi connectivity index (χ0n) is 13.8. The standard InChI is InChI=1S/C18H22N4O2/c23-17(20-11-6-7-12-20)15-14-8-2-5-13-22(14)16(19-15)18(24)21-9-3-1-4-10-21/h2,5,8,13H,1,3-4,6-7,9-12H2. The van der Waals surface area contributed by atoms with Crippen molar-refractivity contribution < 1.29 is 9.59 Å². The minimum Gasteiger partial charge on any atom is -0.337 e. The van der Waals surface area contributed by atoms with Gasteiger partial charge in [-0.1, -0.05) is 6.07 Å². The molecule has 2 aromatic rings. The van der Waals surface area contributed by atoms with Crippen molar-refractivity contribution in [1.82, 2.24) is 19.2 Å². The summed E-state index contributed by atoms with van der Waals surface area (Å²) in [6.45, 7) is 3.10. The summed E-state index contributed by atoms with van der Waals surface area (Å²) in [4.78, 5) is 33.9. The number of hydrogen-bond donors (Lipinski definition) is 0. The number of likely N-dealkylation sites (tertiary alicyclic amines) is 2. The van der Waals surface area contributed by atoms with Crippen LogP contribution in [0.1, 0.15) is 53.2 Å². The van der Waals surface area contributed by atoms with Crippen LogP contribution in [0.4, 0.5) is 0 Å². The lowest BCUT2D eigenvalue weighted by Gasteiger charge is -2.25. The van der Waals surface area contributed by atoms with E-state index < -0.39 is 0 Å². The number of aromatic nitrogens is 2. The van der Waals surface area contributed by atoms with Crippen molar-refractivity contribution in [3.8, 4) is 0 Å². The predicted octanol–water partition coefficient (Wildman–Crippen LogP) is 2.20. The third-order valence-electron chi connectivity index (χ3n) is 4.98. The molecule has 0 saturated carbocycles. The van der Waals surface area contributed by atoms with E-state index in [0.29, 0.717) is 11.5 Å². The van der Waals surface area contributed by atoms with Crippen LogP contribution in [0.3, 0.4) is 0 Å². The molecule has 0 atom stereocenters. The first-order valence-corrected chi connectivity index (χ1v) is 8.81. The van der Waals surface area contributed by atoms with Gasteiger partial charge in [-0.3, -0.25) is 14.0 Å². The van der Waals surface area contributed by atoms with Gasteiger partial charge < -0.3 is 9.80 Å². The molecule has 0 aromatic carbocycles. The van der Waals surface area contributed by atoms with Crippen molar-refractivity contribution >= 4 is 17.3 Å². The Hall–Kier alpha value is -2.37. The van der Waals surface area contributed by atoms with Gasteiger partial charge in [-0.2, -0.15) is 0 Å². The fourth-order valence-electron chi connectivity index (χ4n) is 3.65. The Labute approximate surface area is 141 Å². The molecule has 0 unspecified atom stereocenters. The molecule has 2 fully saturated rings. The lowest BCUT2D eigenvalue weighted by Crippen LogP contribution is -2.36. The topological polar surface area (TPSA) is 57.9 Å². The van der Waals surface area contributed by atoms with Gasteiger partial charge in [0.05, 0.1) is 5.52 Å². The van der Waals surface area contributed by atoms with Crippen LogP contribution in [0.25, 0.3) is 5.52 Å². The summed E-state index contributed by atoms with van der Waals surface area (Å²) < 4.78 is 1.76. The van der Waals surface area contributed by atoms with Crippen molar-refractivity contribution in [3.05, 3.63) is 35.9 Å². The number of nitrogens with zero attached hydrogens (tertiary/aromatic N) is 4. The molecular weight excluding hydrogens is 304 g/mol. The number of carbonyl (C=O) groups is 2. The SMILES string of the molecule is O=C(c1nc(C(=O)N2CCCCC2)n2ccccc12)N1CCCC1. The Morgan fingerprint density at radius 1 is 0.833 bits per heavy atom. The normalized spacial score (nSPS) is 18.3. The molecule has 0 radical (unpaired) electrons. The summed E-state index contributed by atoms with van der Waals surface area (Å²) >= 11 is 0. The van der Waals surface area contributed by atoms with Gasteiger partial charge in [0.2, 0.25) is 5.82 Å². The fourth-order valence-corrected chi connectivity index (χ4v) is 3.65. The number of pyridine rings is 1. The van der Waals surface area contributed by atoms with Crippen molar-refractivity contribution in [2.75, 3.05) is 26.2 Å². The van der Waals surface area contributed by atoms with E-state index in [1.54, 1.807) is 4.40 Å². The average Bonchev–Trinajstić information content (AvgIpc) is 3.29. The number of fused-ring (bicyclic) bond motifs is 1. The van der Waals surface area contributed by atoms with E-state index in [0.717, 1.165) is 57.4 Å². The van der Waals surface area contributed by atoms with E-state index in [1.165, 1.54) is 6.42 Å². The monoisotopic (exact) mass is 326 g/mol. The summed E-state index contributed by atoms with van der Waals surface area (Å²) in [5, 5.41) is 0. The molecule has 6 nitrogen and oxygen atoms in total. The van der Waals surface area contributed by atoms with E-state index in [2.05, 4.69) is 4.98 Å². The number of rotatable bonds is 2. The average molecular weight is 326 g/mol. The zero-order valence-corrected chi connectivity index (χ0v) is 13.8. The van der Waals surface area contributed by atoms with E-state index in [1.807, 2.05) is 34.2 Å². The van der Waals surface area contributed by atoms with E-state index >= 15 is 0 Å². The lowest BCUT2D eigenvalue weighted by atomic mass is 10.1. The number of imidazole rings is 1. The molecule has 2 aliphatic rings. The van der Waals surface area contributed by atoms with Crippen LogP contribution >= 0.6 is 0 Å². The van der Waals surface area contributed by atoms with Crippen LogP contribution in [-0.2, 0) is 0 Å². The van der Waals surface area contributed by atoms with Gasteiger partial charge in [0.15, 0.2) is 5.69 Å². The van der Waals surface area contributed by atoms with Gasteiger partial charge in [0.25, 0.3) is 11.8 Å². The maximum atomic E-state index is 12.9. The molecule has 24 heavy (non-hydrogen) atoms. The second kappa shape index (κ2) is 6.26. The molecule has 126 valence electrons. The zero-order chi connectivity index (χ0) is 16.5. The maximum absolute atomic E-state index is 12.9. The highest BCUT2D eigenvalue weighted by Gasteiger charge is 2.28. The summed E-state index contributed by atoms with van der Waals surface area (Å²) in [7, 11) is 0. The van der Waals surface area contributed by atoms with Gasteiger partial charge in [0, 0.05) is 32.4 Å². The van der Waals surface area contributed by atoms with Crippen LogP contribution in [-0.4, -0.2) is 57.2 Å². The molecule has 4 heterocycles. The van der Waals surface area contributed by atoms with Crippen LogP contribution in [0.5, 0.6) is 0 Å². The Bertz CT molecular complexity index is 770. The molecule has 2 aliphatic heterocycles. The second-order valence-corrected chi connectivity index (χ2v) is 6.59. The molecule has 4 rings (SSSR count). The number of amides is 2. The Kier molecular flexibility index (Phi) is 3.96. The number of piperidine rings is 1. The first-order chi connectivity index (χ1) is 11.8. The molecule has 2 saturated heterocycles. The van der Waals surface area contributed by atoms with Crippen LogP contribution < -0.4 is 0 Å². The molecule has 0 aliphatic carbocycles. The van der Waals surface area contributed by atoms with Crippen molar-refractivity contribution in [2.24, 2.45) is 0 Å². The highest BCUT2D eigenvalue weighted by atomic mass is 16.2. The highest BCUT2D eigenvalue weighted by Crippen LogP contribution is 2.20. The molecule has 6 heteroatoms. The van der Waals surface area contributed by atoms with Crippen molar-refractivity contribution in [3.63, 3.8) is 0 Å². The van der Waals surface area contributed by atoms with E-state index in [9.17, 15) is 9.59 Å². The minimum atomic E-state index is -0.0728. The number of carbonyl (C=O) groups excluding carboxylic acids is 2. The van der Waals surface area contributed by atoms with E-state index in [-0.39, 0.29) is 11.8 Å². The summed E-state index contributed by atoms with van der Waals surface area (Å²) in [6.07, 6.45) is 7.14. The van der Waals surface area contributed by atoms with Gasteiger partial charge in [-0.05, 0) is 44.2 Å². The van der Waals surface area contributed by atoms with Crippen LogP contribution in [0.15, 0.2) is 24.4 Å². The summed E-state index contributed by atoms with van der Waals surface area (Å²) in [6, 6.07) is 5.61. The largest absolute Gasteiger partial charge is 0.337 e. The Balaban J connectivity index is 1.73. The van der Waals surface area contributed by atoms with Gasteiger partial charge in [-0.15, -0.1) is 0 Å². The molecule has 0 N–H and O–H groups in total. The third-order valence-corrected chi connectivity index (χ3v) is 4.98. The minimum absolute atomic E-state index is 0.0612. The lowest BCUT2D eigenvalue weighted by molar-refractivity contribution is 0.0711. The van der Waals surface area contributed by atoms with Gasteiger partial charge >= 0.3 is 0 Å².